The van der Waals surface area contributed by atoms with E-state index < -0.39 is 10.0 Å². The maximum atomic E-state index is 12.9. The Bertz CT molecular complexity index is 1330. The molecule has 3 aromatic rings. The highest BCUT2D eigenvalue weighted by atomic mass is 32.2. The fourth-order valence-electron chi connectivity index (χ4n) is 4.02. The molecule has 0 aliphatic carbocycles. The average molecular weight is 487 g/mol. The van der Waals surface area contributed by atoms with Crippen molar-refractivity contribution in [2.24, 2.45) is 0 Å². The number of hydrogen-bond donors (Lipinski definition) is 1. The first kappa shape index (κ1) is 21.9. The number of para-hydroxylation sites is 2. The molecule has 2 aliphatic rings. The maximum Gasteiger partial charge on any atom is 0.257 e. The third-order valence-corrected chi connectivity index (χ3v) is 8.39. The first-order valence-electron chi connectivity index (χ1n) is 10.6. The fourth-order valence-corrected chi connectivity index (χ4v) is 6.27. The standard InChI is InChI=1S/C22H22N4O5S2/c27-20-13-26(18-7-3-2-6-16(18)23-20)21(28)14-32-22-24-17-12-15(8-9-19(17)31-22)33(29,30)25-10-4-1-5-11-25/h2-3,6-9,12H,1,4-5,10-11,13-14H2,(H,23,27). The van der Waals surface area contributed by atoms with Gasteiger partial charge in [0.15, 0.2) is 5.58 Å². The van der Waals surface area contributed by atoms with Gasteiger partial charge in [-0.3, -0.25) is 9.59 Å². The summed E-state index contributed by atoms with van der Waals surface area (Å²) in [4.78, 5) is 30.8. The third-order valence-electron chi connectivity index (χ3n) is 5.68. The lowest BCUT2D eigenvalue weighted by Gasteiger charge is -2.28. The first-order valence-corrected chi connectivity index (χ1v) is 13.1. The Hall–Kier alpha value is -2.89. The zero-order chi connectivity index (χ0) is 23.0. The number of piperidine rings is 1. The molecule has 33 heavy (non-hydrogen) atoms. The lowest BCUT2D eigenvalue weighted by atomic mass is 10.2. The van der Waals surface area contributed by atoms with Crippen LogP contribution in [-0.2, 0) is 19.6 Å². The molecule has 0 radical (unpaired) electrons. The highest BCUT2D eigenvalue weighted by Gasteiger charge is 2.28. The van der Waals surface area contributed by atoms with E-state index in [1.807, 2.05) is 0 Å². The van der Waals surface area contributed by atoms with E-state index in [0.717, 1.165) is 31.0 Å². The molecule has 0 spiro atoms. The monoisotopic (exact) mass is 486 g/mol. The van der Waals surface area contributed by atoms with E-state index in [-0.39, 0.29) is 34.2 Å². The molecule has 3 heterocycles. The van der Waals surface area contributed by atoms with Crippen LogP contribution in [0.25, 0.3) is 11.1 Å². The summed E-state index contributed by atoms with van der Waals surface area (Å²) in [6.07, 6.45) is 2.77. The van der Waals surface area contributed by atoms with Crippen molar-refractivity contribution in [1.82, 2.24) is 9.29 Å². The number of amides is 2. The van der Waals surface area contributed by atoms with E-state index in [1.54, 1.807) is 30.3 Å². The molecule has 11 heteroatoms. The number of rotatable bonds is 5. The Morgan fingerprint density at radius 2 is 1.91 bits per heavy atom. The van der Waals surface area contributed by atoms with Gasteiger partial charge in [-0.2, -0.15) is 4.31 Å². The molecule has 0 bridgehead atoms. The Labute approximate surface area is 195 Å². The highest BCUT2D eigenvalue weighted by Crippen LogP contribution is 2.31. The predicted molar refractivity (Wildman–Crippen MR) is 125 cm³/mol. The topological polar surface area (TPSA) is 113 Å². The minimum Gasteiger partial charge on any atom is -0.431 e. The molecule has 2 aliphatic heterocycles. The van der Waals surface area contributed by atoms with Gasteiger partial charge in [-0.15, -0.1) is 0 Å². The molecule has 0 unspecified atom stereocenters. The molecule has 0 atom stereocenters. The second-order valence-electron chi connectivity index (χ2n) is 7.91. The molecule has 1 saturated heterocycles. The molecule has 2 aromatic carbocycles. The van der Waals surface area contributed by atoms with Crippen LogP contribution in [0.2, 0.25) is 0 Å². The van der Waals surface area contributed by atoms with Crippen molar-refractivity contribution in [3.63, 3.8) is 0 Å². The van der Waals surface area contributed by atoms with Gasteiger partial charge >= 0.3 is 0 Å². The van der Waals surface area contributed by atoms with Crippen LogP contribution in [-0.4, -0.2) is 54.9 Å². The van der Waals surface area contributed by atoms with E-state index in [0.29, 0.717) is 35.6 Å². The molecule has 9 nitrogen and oxygen atoms in total. The summed E-state index contributed by atoms with van der Waals surface area (Å²) in [6, 6.07) is 11.8. The summed E-state index contributed by atoms with van der Waals surface area (Å²) in [7, 11) is -3.57. The van der Waals surface area contributed by atoms with Crippen LogP contribution in [0.15, 0.2) is 57.0 Å². The van der Waals surface area contributed by atoms with Crippen LogP contribution in [0.1, 0.15) is 19.3 Å². The zero-order valence-electron chi connectivity index (χ0n) is 17.7. The minimum atomic E-state index is -3.57. The normalized spacial score (nSPS) is 17.1. The molecular weight excluding hydrogens is 464 g/mol. The van der Waals surface area contributed by atoms with Crippen molar-refractivity contribution >= 4 is 56.1 Å². The second-order valence-corrected chi connectivity index (χ2v) is 10.8. The number of hydrogen-bond acceptors (Lipinski definition) is 7. The van der Waals surface area contributed by atoms with E-state index in [1.165, 1.54) is 21.3 Å². The average Bonchev–Trinajstić information content (AvgIpc) is 3.25. The number of carbonyl (C=O) groups excluding carboxylic acids is 2. The van der Waals surface area contributed by atoms with Crippen LogP contribution in [0.4, 0.5) is 11.4 Å². The highest BCUT2D eigenvalue weighted by molar-refractivity contribution is 7.99. The van der Waals surface area contributed by atoms with Gasteiger partial charge in [-0.1, -0.05) is 30.3 Å². The molecule has 1 aromatic heterocycles. The summed E-state index contributed by atoms with van der Waals surface area (Å²) >= 11 is 1.10. The summed E-state index contributed by atoms with van der Waals surface area (Å²) in [5.41, 5.74) is 2.11. The Morgan fingerprint density at radius 3 is 2.73 bits per heavy atom. The smallest absolute Gasteiger partial charge is 0.257 e. The van der Waals surface area contributed by atoms with E-state index in [9.17, 15) is 18.0 Å². The van der Waals surface area contributed by atoms with Gasteiger partial charge in [0.05, 0.1) is 22.0 Å². The minimum absolute atomic E-state index is 0.0212. The molecule has 2 amide bonds. The number of nitrogens with zero attached hydrogens (tertiary/aromatic N) is 3. The summed E-state index contributed by atoms with van der Waals surface area (Å²) in [5.74, 6) is -0.484. The van der Waals surface area contributed by atoms with Gasteiger partial charge in [-0.05, 0) is 43.2 Å². The second kappa shape index (κ2) is 8.81. The number of fused-ring (bicyclic) bond motifs is 2. The fraction of sp³-hybridized carbons (Fsp3) is 0.318. The lowest BCUT2D eigenvalue weighted by molar-refractivity contribution is -0.120. The van der Waals surface area contributed by atoms with E-state index >= 15 is 0 Å². The number of oxazole rings is 1. The number of carbonyl (C=O) groups is 2. The first-order chi connectivity index (χ1) is 15.9. The molecule has 5 rings (SSSR count). The lowest BCUT2D eigenvalue weighted by Crippen LogP contribution is -2.43. The van der Waals surface area contributed by atoms with E-state index in [4.69, 9.17) is 4.42 Å². The van der Waals surface area contributed by atoms with Gasteiger partial charge < -0.3 is 14.6 Å². The number of benzene rings is 2. The maximum absolute atomic E-state index is 12.9. The van der Waals surface area contributed by atoms with E-state index in [2.05, 4.69) is 10.3 Å². The van der Waals surface area contributed by atoms with Crippen LogP contribution in [0.5, 0.6) is 0 Å². The quantitative estimate of drug-likeness (QED) is 0.552. The third kappa shape index (κ3) is 4.35. The van der Waals surface area contributed by atoms with Crippen molar-refractivity contribution in [2.75, 3.05) is 35.6 Å². The Balaban J connectivity index is 1.31. The number of anilines is 2. The van der Waals surface area contributed by atoms with Gasteiger partial charge in [0.1, 0.15) is 12.1 Å². The van der Waals surface area contributed by atoms with Crippen molar-refractivity contribution in [1.29, 1.82) is 0 Å². The Kier molecular flexibility index (Phi) is 5.85. The molecule has 1 N–H and O–H groups in total. The number of sulfonamides is 1. The van der Waals surface area contributed by atoms with Crippen molar-refractivity contribution in [3.05, 3.63) is 42.5 Å². The summed E-state index contributed by atoms with van der Waals surface area (Å²) in [5, 5.41) is 3.02. The van der Waals surface area contributed by atoms with Crippen molar-refractivity contribution in [3.8, 4) is 0 Å². The summed E-state index contributed by atoms with van der Waals surface area (Å²) < 4.78 is 33.1. The molecule has 172 valence electrons. The van der Waals surface area contributed by atoms with Gasteiger partial charge in [0.2, 0.25) is 21.8 Å². The Morgan fingerprint density at radius 1 is 1.12 bits per heavy atom. The van der Waals surface area contributed by atoms with Crippen molar-refractivity contribution < 1.29 is 22.4 Å². The largest absolute Gasteiger partial charge is 0.431 e. The van der Waals surface area contributed by atoms with Gasteiger partial charge in [0.25, 0.3) is 5.22 Å². The van der Waals surface area contributed by atoms with Gasteiger partial charge in [0, 0.05) is 13.1 Å². The van der Waals surface area contributed by atoms with Crippen LogP contribution in [0, 0.1) is 0 Å². The number of thioether (sulfide) groups is 1. The molecule has 0 saturated carbocycles. The summed E-state index contributed by atoms with van der Waals surface area (Å²) in [6.45, 7) is 1.00. The predicted octanol–water partition coefficient (Wildman–Crippen LogP) is 3.08. The zero-order valence-corrected chi connectivity index (χ0v) is 19.3. The van der Waals surface area contributed by atoms with Crippen LogP contribution < -0.4 is 10.2 Å². The molecular formula is C22H22N4O5S2. The number of nitrogens with one attached hydrogen (secondary N) is 1. The SMILES string of the molecule is O=C1CN(C(=O)CSc2nc3cc(S(=O)(=O)N4CCCCC4)ccc3o2)c2ccccc2N1. The van der Waals surface area contributed by atoms with Crippen LogP contribution in [0.3, 0.4) is 0 Å². The van der Waals surface area contributed by atoms with Crippen molar-refractivity contribution in [2.45, 2.75) is 29.4 Å². The van der Waals surface area contributed by atoms with Gasteiger partial charge in [-0.25, -0.2) is 13.4 Å². The van der Waals surface area contributed by atoms with Crippen LogP contribution >= 0.6 is 11.8 Å². The number of aromatic nitrogens is 1. The molecule has 1 fully saturated rings.